The summed E-state index contributed by atoms with van der Waals surface area (Å²) in [5, 5.41) is 17.7. The first-order chi connectivity index (χ1) is 17.1. The van der Waals surface area contributed by atoms with Gasteiger partial charge in [-0.3, -0.25) is 10.2 Å². The highest BCUT2D eigenvalue weighted by molar-refractivity contribution is 6.04. The molecule has 184 valence electrons. The predicted octanol–water partition coefficient (Wildman–Crippen LogP) is 5.17. The Morgan fingerprint density at radius 3 is 2.50 bits per heavy atom. The largest absolute Gasteiger partial charge is 0.478 e. The van der Waals surface area contributed by atoms with Crippen LogP contribution in [0.15, 0.2) is 48.7 Å². The third-order valence-corrected chi connectivity index (χ3v) is 6.54. The van der Waals surface area contributed by atoms with E-state index in [0.29, 0.717) is 35.3 Å². The summed E-state index contributed by atoms with van der Waals surface area (Å²) in [6.07, 6.45) is 3.56. The Bertz CT molecular complexity index is 1370. The molecule has 0 unspecified atom stereocenters. The zero-order chi connectivity index (χ0) is 25.6. The van der Waals surface area contributed by atoms with E-state index in [2.05, 4.69) is 4.98 Å². The number of amidine groups is 1. The van der Waals surface area contributed by atoms with Gasteiger partial charge in [0, 0.05) is 47.1 Å². The van der Waals surface area contributed by atoms with Crippen LogP contribution in [-0.2, 0) is 12.0 Å². The van der Waals surface area contributed by atoms with Gasteiger partial charge in [0.2, 0.25) is 5.88 Å². The van der Waals surface area contributed by atoms with E-state index in [4.69, 9.17) is 20.2 Å². The highest BCUT2D eigenvalue weighted by atomic mass is 16.5. The number of aromatic carboxylic acids is 1. The van der Waals surface area contributed by atoms with Crippen molar-refractivity contribution in [1.29, 1.82) is 5.41 Å². The Hall–Kier alpha value is -4.07. The second-order valence-electron chi connectivity index (χ2n) is 10.4. The Kier molecular flexibility index (Phi) is 5.82. The van der Waals surface area contributed by atoms with Crippen LogP contribution >= 0.6 is 0 Å². The van der Waals surface area contributed by atoms with Crippen molar-refractivity contribution in [2.45, 2.75) is 51.5 Å². The van der Waals surface area contributed by atoms with Gasteiger partial charge in [0.1, 0.15) is 17.3 Å². The minimum Gasteiger partial charge on any atom is -0.478 e. The number of rotatable bonds is 7. The molecule has 2 N–H and O–H groups in total. The number of pyridine rings is 2. The van der Waals surface area contributed by atoms with Crippen molar-refractivity contribution < 1.29 is 19.4 Å². The predicted molar refractivity (Wildman–Crippen MR) is 134 cm³/mol. The number of ketones is 1. The van der Waals surface area contributed by atoms with E-state index in [1.807, 2.05) is 39.0 Å². The van der Waals surface area contributed by atoms with Crippen LogP contribution in [0.3, 0.4) is 0 Å². The van der Waals surface area contributed by atoms with E-state index in [-0.39, 0.29) is 29.2 Å². The number of hydrogen-bond donors (Lipinski definition) is 2. The molecule has 1 fully saturated rings. The molecule has 5 rings (SSSR count). The highest BCUT2D eigenvalue weighted by Crippen LogP contribution is 2.40. The summed E-state index contributed by atoms with van der Waals surface area (Å²) in [5.41, 5.74) is 3.83. The molecule has 1 aromatic carbocycles. The Balaban J connectivity index is 1.34. The van der Waals surface area contributed by atoms with Gasteiger partial charge in [-0.25, -0.2) is 14.8 Å². The van der Waals surface area contributed by atoms with Crippen LogP contribution in [0.25, 0.3) is 0 Å². The molecule has 0 amide bonds. The number of fused-ring (bicyclic) bond motifs is 1. The van der Waals surface area contributed by atoms with Crippen molar-refractivity contribution in [3.63, 3.8) is 0 Å². The lowest BCUT2D eigenvalue weighted by Crippen LogP contribution is -2.30. The molecule has 36 heavy (non-hydrogen) atoms. The van der Waals surface area contributed by atoms with Gasteiger partial charge in [-0.2, -0.15) is 0 Å². The summed E-state index contributed by atoms with van der Waals surface area (Å²) in [4.78, 5) is 34.9. The number of nitrogens with one attached hydrogen (secondary N) is 1. The van der Waals surface area contributed by atoms with Gasteiger partial charge in [-0.1, -0.05) is 26.8 Å². The van der Waals surface area contributed by atoms with Crippen LogP contribution in [0.4, 0.5) is 0 Å². The molecule has 2 aliphatic rings. The van der Waals surface area contributed by atoms with E-state index in [0.717, 1.165) is 29.7 Å². The molecule has 8 nitrogen and oxygen atoms in total. The third kappa shape index (κ3) is 4.71. The molecule has 0 radical (unpaired) electrons. The Labute approximate surface area is 209 Å². The summed E-state index contributed by atoms with van der Waals surface area (Å²) < 4.78 is 5.97. The van der Waals surface area contributed by atoms with Crippen molar-refractivity contribution in [2.75, 3.05) is 6.54 Å². The average molecular weight is 485 g/mol. The lowest BCUT2D eigenvalue weighted by molar-refractivity contribution is 0.0696. The number of aromatic nitrogens is 2. The highest BCUT2D eigenvalue weighted by Gasteiger charge is 2.31. The molecule has 1 saturated carbocycles. The fourth-order valence-corrected chi connectivity index (χ4v) is 4.33. The first kappa shape index (κ1) is 23.7. The number of nitrogens with zero attached hydrogens (tertiary/aromatic N) is 3. The van der Waals surface area contributed by atoms with Crippen molar-refractivity contribution in [3.8, 4) is 11.6 Å². The monoisotopic (exact) mass is 484 g/mol. The maximum atomic E-state index is 13.3. The van der Waals surface area contributed by atoms with Gasteiger partial charge < -0.3 is 14.7 Å². The molecule has 1 aliphatic carbocycles. The normalized spacial score (nSPS) is 15.1. The van der Waals surface area contributed by atoms with Crippen molar-refractivity contribution in [3.05, 3.63) is 82.3 Å². The van der Waals surface area contributed by atoms with Crippen molar-refractivity contribution in [1.82, 2.24) is 14.9 Å². The molecule has 2 aromatic heterocycles. The number of carboxylic acids is 1. The first-order valence-corrected chi connectivity index (χ1v) is 12.0. The molecule has 0 bridgehead atoms. The topological polar surface area (TPSA) is 116 Å². The summed E-state index contributed by atoms with van der Waals surface area (Å²) in [6.45, 7) is 6.68. The van der Waals surface area contributed by atoms with E-state index in [9.17, 15) is 9.59 Å². The van der Waals surface area contributed by atoms with Gasteiger partial charge in [0.05, 0.1) is 12.1 Å². The first-order valence-electron chi connectivity index (χ1n) is 12.0. The van der Waals surface area contributed by atoms with Gasteiger partial charge in [0.25, 0.3) is 0 Å². The van der Waals surface area contributed by atoms with Crippen LogP contribution in [0.5, 0.6) is 11.6 Å². The number of ether oxygens (including phenoxy) is 1. The van der Waals surface area contributed by atoms with Crippen LogP contribution in [0.1, 0.15) is 82.8 Å². The maximum Gasteiger partial charge on any atom is 0.337 e. The number of carbonyl (C=O) groups excluding carboxylic acids is 1. The second kappa shape index (κ2) is 8.86. The number of Topliss-reactive ketones (excluding diaryl/α,β-unsaturated/α-hetero) is 1. The van der Waals surface area contributed by atoms with Gasteiger partial charge in [-0.05, 0) is 48.6 Å². The smallest absolute Gasteiger partial charge is 0.337 e. The fraction of sp³-hybridized carbons (Fsp3) is 0.321. The van der Waals surface area contributed by atoms with Crippen molar-refractivity contribution >= 4 is 17.6 Å². The van der Waals surface area contributed by atoms with Gasteiger partial charge >= 0.3 is 5.97 Å². The van der Waals surface area contributed by atoms with Crippen LogP contribution in [-0.4, -0.2) is 44.1 Å². The summed E-state index contributed by atoms with van der Waals surface area (Å²) in [6, 6.07) is 12.3. The Morgan fingerprint density at radius 2 is 1.86 bits per heavy atom. The molecule has 1 aliphatic heterocycles. The molecular weight excluding hydrogens is 456 g/mol. The van der Waals surface area contributed by atoms with E-state index in [1.54, 1.807) is 17.0 Å². The molecule has 3 heterocycles. The second-order valence-corrected chi connectivity index (χ2v) is 10.4. The van der Waals surface area contributed by atoms with Crippen LogP contribution < -0.4 is 4.74 Å². The van der Waals surface area contributed by atoms with Gasteiger partial charge in [0.15, 0.2) is 5.78 Å². The standard InChI is InChI=1S/C28H28N4O4/c1-28(2,3)20-12-17(7-10-23(20)36-24-11-8-18(13-30-24)27(34)35)22(33)15-32-14-19-6-9-21(16-4-5-16)31-25(19)26(32)29/h6-13,16,29H,4-5,14-15H2,1-3H3,(H,34,35). The van der Waals surface area contributed by atoms with E-state index in [1.165, 1.54) is 18.3 Å². The van der Waals surface area contributed by atoms with E-state index >= 15 is 0 Å². The minimum atomic E-state index is -1.05. The molecular formula is C28H28N4O4. The molecule has 0 spiro atoms. The zero-order valence-electron chi connectivity index (χ0n) is 20.5. The van der Waals surface area contributed by atoms with Crippen molar-refractivity contribution in [2.24, 2.45) is 0 Å². The van der Waals surface area contributed by atoms with Crippen LogP contribution in [0, 0.1) is 5.41 Å². The van der Waals surface area contributed by atoms with E-state index < -0.39 is 5.97 Å². The Morgan fingerprint density at radius 1 is 1.11 bits per heavy atom. The lowest BCUT2D eigenvalue weighted by atomic mass is 9.85. The zero-order valence-corrected chi connectivity index (χ0v) is 20.5. The molecule has 8 heteroatoms. The average Bonchev–Trinajstić information content (AvgIpc) is 3.64. The van der Waals surface area contributed by atoms with Gasteiger partial charge in [-0.15, -0.1) is 0 Å². The molecule has 3 aromatic rings. The maximum absolute atomic E-state index is 13.3. The molecule has 0 saturated heterocycles. The number of carboxylic acid groups (broad SMARTS) is 1. The summed E-state index contributed by atoms with van der Waals surface area (Å²) in [5.74, 6) is 0.489. The quantitative estimate of drug-likeness (QED) is 0.445. The number of carbonyl (C=O) groups is 2. The van der Waals surface area contributed by atoms with Crippen LogP contribution in [0.2, 0.25) is 0 Å². The SMILES string of the molecule is CC(C)(C)c1cc(C(=O)CN2Cc3ccc(C4CC4)nc3C2=N)ccc1Oc1ccc(C(=O)O)cn1. The number of hydrogen-bond acceptors (Lipinski definition) is 6. The number of benzene rings is 1. The summed E-state index contributed by atoms with van der Waals surface area (Å²) in [7, 11) is 0. The lowest BCUT2D eigenvalue weighted by Gasteiger charge is -2.24. The fourth-order valence-electron chi connectivity index (χ4n) is 4.33. The summed E-state index contributed by atoms with van der Waals surface area (Å²) >= 11 is 0. The minimum absolute atomic E-state index is 0.0768. The molecule has 0 atom stereocenters. The third-order valence-electron chi connectivity index (χ3n) is 6.54.